The van der Waals surface area contributed by atoms with Crippen molar-refractivity contribution < 1.29 is 18.0 Å². The normalized spacial score (nSPS) is 15.5. The maximum atomic E-state index is 12.4. The van der Waals surface area contributed by atoms with Gasteiger partial charge in [-0.3, -0.25) is 14.3 Å². The summed E-state index contributed by atoms with van der Waals surface area (Å²) >= 11 is 1.15. The minimum atomic E-state index is -3.40. The van der Waals surface area contributed by atoms with E-state index in [0.29, 0.717) is 28.9 Å². The first kappa shape index (κ1) is 15.7. The van der Waals surface area contributed by atoms with E-state index in [0.717, 1.165) is 17.6 Å². The predicted octanol–water partition coefficient (Wildman–Crippen LogP) is 0.240. The number of amides is 2. The lowest BCUT2D eigenvalue weighted by Crippen LogP contribution is -2.49. The number of thiazole rings is 1. The van der Waals surface area contributed by atoms with Crippen molar-refractivity contribution in [3.8, 4) is 0 Å². The first-order valence-corrected chi connectivity index (χ1v) is 9.47. The van der Waals surface area contributed by atoms with Crippen LogP contribution in [0.25, 0.3) is 10.2 Å². The van der Waals surface area contributed by atoms with E-state index in [2.05, 4.69) is 15.0 Å². The van der Waals surface area contributed by atoms with Crippen LogP contribution in [0.5, 0.6) is 0 Å². The fraction of sp³-hybridized carbons (Fsp3) is 0.308. The molecule has 10 heteroatoms. The predicted molar refractivity (Wildman–Crippen MR) is 87.0 cm³/mol. The van der Waals surface area contributed by atoms with E-state index in [1.807, 2.05) is 0 Å². The highest BCUT2D eigenvalue weighted by Crippen LogP contribution is 2.27. The molecule has 0 bridgehead atoms. The molecule has 2 aromatic rings. The number of hydrogen-bond acceptors (Lipinski definition) is 6. The molecular weight excluding hydrogens is 340 g/mol. The quantitative estimate of drug-likeness (QED) is 0.821. The second-order valence-electron chi connectivity index (χ2n) is 5.15. The van der Waals surface area contributed by atoms with Gasteiger partial charge >= 0.3 is 0 Å². The number of sulfonamides is 1. The number of nitrogens with one attached hydrogen (secondary N) is 2. The maximum Gasteiger partial charge on any atom is 0.254 e. The van der Waals surface area contributed by atoms with E-state index < -0.39 is 10.0 Å². The molecule has 1 aromatic heterocycles. The Balaban J connectivity index is 1.87. The van der Waals surface area contributed by atoms with Gasteiger partial charge in [0.05, 0.1) is 23.0 Å². The van der Waals surface area contributed by atoms with Crippen molar-refractivity contribution in [3.63, 3.8) is 0 Å². The van der Waals surface area contributed by atoms with Gasteiger partial charge in [-0.05, 0) is 18.2 Å². The van der Waals surface area contributed by atoms with Crippen LogP contribution in [0.1, 0.15) is 10.4 Å². The second-order valence-corrected chi connectivity index (χ2v) is 7.93. The average Bonchev–Trinajstić information content (AvgIpc) is 2.85. The van der Waals surface area contributed by atoms with Crippen LogP contribution in [-0.4, -0.2) is 56.0 Å². The van der Waals surface area contributed by atoms with Crippen LogP contribution in [0.15, 0.2) is 18.2 Å². The zero-order chi connectivity index (χ0) is 16.6. The topological polar surface area (TPSA) is 108 Å². The monoisotopic (exact) mass is 354 g/mol. The number of anilines is 1. The highest BCUT2D eigenvalue weighted by atomic mass is 32.2. The van der Waals surface area contributed by atoms with E-state index in [9.17, 15) is 18.0 Å². The molecule has 2 heterocycles. The highest BCUT2D eigenvalue weighted by molar-refractivity contribution is 7.92. The average molecular weight is 354 g/mol. The van der Waals surface area contributed by atoms with Crippen molar-refractivity contribution in [2.24, 2.45) is 0 Å². The number of hydrogen-bond donors (Lipinski definition) is 2. The standard InChI is InChI=1S/C13H14N4O4S2/c1-23(20,21)16-13-15-9-3-2-8(6-10(9)22-13)12(19)17-5-4-14-11(18)7-17/h2-3,6H,4-5,7H2,1H3,(H,14,18)(H,15,16). The molecular formula is C13H14N4O4S2. The van der Waals surface area contributed by atoms with E-state index in [4.69, 9.17) is 0 Å². The number of aromatic nitrogens is 1. The van der Waals surface area contributed by atoms with Crippen molar-refractivity contribution in [1.82, 2.24) is 15.2 Å². The van der Waals surface area contributed by atoms with Crippen LogP contribution in [0.2, 0.25) is 0 Å². The SMILES string of the molecule is CS(=O)(=O)Nc1nc2ccc(C(=O)N3CCNC(=O)C3)cc2s1. The van der Waals surface area contributed by atoms with E-state index in [-0.39, 0.29) is 23.5 Å². The number of carbonyl (C=O) groups excluding carboxylic acids is 2. The van der Waals surface area contributed by atoms with Gasteiger partial charge in [-0.15, -0.1) is 0 Å². The third-order valence-electron chi connectivity index (χ3n) is 3.23. The third-order valence-corrected chi connectivity index (χ3v) is 4.86. The van der Waals surface area contributed by atoms with Crippen LogP contribution in [-0.2, 0) is 14.8 Å². The largest absolute Gasteiger partial charge is 0.353 e. The van der Waals surface area contributed by atoms with E-state index in [1.54, 1.807) is 18.2 Å². The smallest absolute Gasteiger partial charge is 0.254 e. The Morgan fingerprint density at radius 1 is 1.43 bits per heavy atom. The zero-order valence-electron chi connectivity index (χ0n) is 12.2. The first-order valence-electron chi connectivity index (χ1n) is 6.76. The second kappa shape index (κ2) is 5.78. The Morgan fingerprint density at radius 3 is 2.91 bits per heavy atom. The van der Waals surface area contributed by atoms with Crippen LogP contribution < -0.4 is 10.0 Å². The van der Waals surface area contributed by atoms with Gasteiger partial charge in [0.25, 0.3) is 5.91 Å². The van der Waals surface area contributed by atoms with Crippen molar-refractivity contribution in [2.45, 2.75) is 0 Å². The molecule has 0 aliphatic carbocycles. The highest BCUT2D eigenvalue weighted by Gasteiger charge is 2.22. The summed E-state index contributed by atoms with van der Waals surface area (Å²) in [4.78, 5) is 29.5. The van der Waals surface area contributed by atoms with Gasteiger partial charge in [-0.2, -0.15) is 0 Å². The summed E-state index contributed by atoms with van der Waals surface area (Å²) in [5, 5.41) is 2.92. The lowest BCUT2D eigenvalue weighted by Gasteiger charge is -2.26. The van der Waals surface area contributed by atoms with Gasteiger partial charge in [-0.1, -0.05) is 11.3 Å². The molecule has 0 unspecified atom stereocenters. The number of fused-ring (bicyclic) bond motifs is 1. The number of carbonyl (C=O) groups is 2. The number of benzene rings is 1. The molecule has 122 valence electrons. The molecule has 1 fully saturated rings. The summed E-state index contributed by atoms with van der Waals surface area (Å²) < 4.78 is 25.5. The molecule has 23 heavy (non-hydrogen) atoms. The third kappa shape index (κ3) is 3.59. The summed E-state index contributed by atoms with van der Waals surface area (Å²) in [6.45, 7) is 0.947. The minimum Gasteiger partial charge on any atom is -0.353 e. The number of rotatable bonds is 3. The van der Waals surface area contributed by atoms with Gasteiger partial charge in [0.1, 0.15) is 0 Å². The zero-order valence-corrected chi connectivity index (χ0v) is 13.8. The molecule has 2 N–H and O–H groups in total. The summed E-state index contributed by atoms with van der Waals surface area (Å²) in [6, 6.07) is 4.95. The van der Waals surface area contributed by atoms with Crippen molar-refractivity contribution >= 4 is 48.5 Å². The summed E-state index contributed by atoms with van der Waals surface area (Å²) in [5.41, 5.74) is 1.05. The van der Waals surface area contributed by atoms with E-state index >= 15 is 0 Å². The number of nitrogens with zero attached hydrogens (tertiary/aromatic N) is 2. The molecule has 0 radical (unpaired) electrons. The molecule has 0 atom stereocenters. The van der Waals surface area contributed by atoms with Crippen LogP contribution in [0, 0.1) is 0 Å². The molecule has 8 nitrogen and oxygen atoms in total. The van der Waals surface area contributed by atoms with Crippen LogP contribution in [0.3, 0.4) is 0 Å². The minimum absolute atomic E-state index is 0.0421. The summed E-state index contributed by atoms with van der Waals surface area (Å²) in [5.74, 6) is -0.407. The van der Waals surface area contributed by atoms with Gasteiger partial charge in [0.2, 0.25) is 15.9 Å². The Labute approximate surface area is 136 Å². The molecule has 1 aromatic carbocycles. The van der Waals surface area contributed by atoms with Crippen LogP contribution >= 0.6 is 11.3 Å². The van der Waals surface area contributed by atoms with E-state index in [1.165, 1.54) is 4.90 Å². The molecule has 0 spiro atoms. The molecule has 1 saturated heterocycles. The Morgan fingerprint density at radius 2 is 2.22 bits per heavy atom. The van der Waals surface area contributed by atoms with Crippen LogP contribution in [0.4, 0.5) is 5.13 Å². The Kier molecular flexibility index (Phi) is 3.94. The van der Waals surface area contributed by atoms with Gasteiger partial charge < -0.3 is 10.2 Å². The van der Waals surface area contributed by atoms with Gasteiger partial charge in [-0.25, -0.2) is 13.4 Å². The number of piperazine rings is 1. The van der Waals surface area contributed by atoms with Crippen molar-refractivity contribution in [2.75, 3.05) is 30.6 Å². The molecule has 0 saturated carbocycles. The fourth-order valence-corrected chi connectivity index (χ4v) is 3.99. The lowest BCUT2D eigenvalue weighted by molar-refractivity contribution is -0.123. The Bertz CT molecular complexity index is 891. The molecule has 3 rings (SSSR count). The van der Waals surface area contributed by atoms with Gasteiger partial charge in [0.15, 0.2) is 5.13 Å². The lowest BCUT2D eigenvalue weighted by atomic mass is 10.1. The molecule has 1 aliphatic rings. The Hall–Kier alpha value is -2.20. The van der Waals surface area contributed by atoms with Crippen molar-refractivity contribution in [1.29, 1.82) is 0 Å². The summed E-state index contributed by atoms with van der Waals surface area (Å²) in [7, 11) is -3.40. The molecule has 1 aliphatic heterocycles. The van der Waals surface area contributed by atoms with Gasteiger partial charge in [0, 0.05) is 18.7 Å². The van der Waals surface area contributed by atoms with Crippen molar-refractivity contribution in [3.05, 3.63) is 23.8 Å². The fourth-order valence-electron chi connectivity index (χ4n) is 2.25. The molecule has 2 amide bonds. The first-order chi connectivity index (χ1) is 10.8. The summed E-state index contributed by atoms with van der Waals surface area (Å²) in [6.07, 6.45) is 1.05. The maximum absolute atomic E-state index is 12.4.